The molecule has 3 rings (SSSR count). The molecule has 0 radical (unpaired) electrons. The number of anilines is 2. The molecule has 2 heterocycles. The van der Waals surface area contributed by atoms with Crippen molar-refractivity contribution in [3.63, 3.8) is 0 Å². The summed E-state index contributed by atoms with van der Waals surface area (Å²) in [6.07, 6.45) is 3.22. The summed E-state index contributed by atoms with van der Waals surface area (Å²) >= 11 is 0. The number of nitrogens with one attached hydrogen (secondary N) is 2. The molecule has 0 fully saturated rings. The van der Waals surface area contributed by atoms with E-state index in [1.807, 2.05) is 13.8 Å². The zero-order valence-electron chi connectivity index (χ0n) is 17.1. The van der Waals surface area contributed by atoms with E-state index < -0.39 is 10.0 Å². The van der Waals surface area contributed by atoms with E-state index in [1.165, 1.54) is 6.20 Å². The van der Waals surface area contributed by atoms with Gasteiger partial charge in [0.2, 0.25) is 15.9 Å². The van der Waals surface area contributed by atoms with E-state index >= 15 is 0 Å². The lowest BCUT2D eigenvalue weighted by molar-refractivity contribution is -0.116. The predicted molar refractivity (Wildman–Crippen MR) is 114 cm³/mol. The number of carbonyl (C=O) groups is 1. The van der Waals surface area contributed by atoms with Crippen LogP contribution in [0.3, 0.4) is 0 Å². The van der Waals surface area contributed by atoms with Gasteiger partial charge in [-0.05, 0) is 50.5 Å². The van der Waals surface area contributed by atoms with Gasteiger partial charge in [0.1, 0.15) is 11.6 Å². The number of rotatable bonds is 6. The Morgan fingerprint density at radius 2 is 2.00 bits per heavy atom. The van der Waals surface area contributed by atoms with Crippen LogP contribution in [-0.2, 0) is 21.2 Å². The molecule has 156 valence electrons. The highest BCUT2D eigenvalue weighted by Gasteiger charge is 2.15. The first-order valence-electron chi connectivity index (χ1n) is 9.21. The van der Waals surface area contributed by atoms with Gasteiger partial charge in [0.05, 0.1) is 18.1 Å². The molecule has 0 atom stereocenters. The quantitative estimate of drug-likeness (QED) is 0.623. The highest BCUT2D eigenvalue weighted by Crippen LogP contribution is 2.22. The van der Waals surface area contributed by atoms with Crippen molar-refractivity contribution >= 4 is 33.0 Å². The molecular weight excluding hydrogens is 404 g/mol. The zero-order chi connectivity index (χ0) is 22.1. The standard InChI is InChI=1S/C20H22N6O3S/c1-12-5-6-16(9-18(12)25-30(4,28)29)24-19(27)8-7-17-13(2)23-20-15(10-21)11-22-26(20)14(17)3/h5-6,9,11,25H,7-8H2,1-4H3,(H,24,27). The smallest absolute Gasteiger partial charge is 0.229 e. The Morgan fingerprint density at radius 1 is 1.27 bits per heavy atom. The SMILES string of the molecule is Cc1ccc(NC(=O)CCc2c(C)nc3c(C#N)cnn3c2C)cc1NS(C)(=O)=O. The summed E-state index contributed by atoms with van der Waals surface area (Å²) in [5, 5.41) is 16.2. The second-order valence-electron chi connectivity index (χ2n) is 7.12. The molecule has 1 aromatic carbocycles. The van der Waals surface area contributed by atoms with Crippen molar-refractivity contribution in [1.29, 1.82) is 5.26 Å². The van der Waals surface area contributed by atoms with Crippen molar-refractivity contribution in [3.05, 3.63) is 52.5 Å². The monoisotopic (exact) mass is 426 g/mol. The Kier molecular flexibility index (Phi) is 5.75. The van der Waals surface area contributed by atoms with Crippen LogP contribution in [0.15, 0.2) is 24.4 Å². The summed E-state index contributed by atoms with van der Waals surface area (Å²) in [6.45, 7) is 5.50. The number of nitrogens with zero attached hydrogens (tertiary/aromatic N) is 4. The largest absolute Gasteiger partial charge is 0.326 e. The van der Waals surface area contributed by atoms with Gasteiger partial charge in [0.25, 0.3) is 0 Å². The van der Waals surface area contributed by atoms with Crippen LogP contribution >= 0.6 is 0 Å². The second-order valence-corrected chi connectivity index (χ2v) is 8.87. The number of hydrogen-bond donors (Lipinski definition) is 2. The van der Waals surface area contributed by atoms with Crippen LogP contribution in [0.25, 0.3) is 5.65 Å². The third-order valence-corrected chi connectivity index (χ3v) is 5.34. The number of sulfonamides is 1. The second kappa shape index (κ2) is 8.12. The van der Waals surface area contributed by atoms with Crippen molar-refractivity contribution in [1.82, 2.24) is 14.6 Å². The minimum atomic E-state index is -3.42. The topological polar surface area (TPSA) is 129 Å². The third kappa shape index (κ3) is 4.58. The highest BCUT2D eigenvalue weighted by atomic mass is 32.2. The van der Waals surface area contributed by atoms with Crippen LogP contribution in [0.5, 0.6) is 0 Å². The fourth-order valence-electron chi connectivity index (χ4n) is 3.22. The van der Waals surface area contributed by atoms with Crippen molar-refractivity contribution in [2.75, 3.05) is 16.3 Å². The molecule has 2 N–H and O–H groups in total. The van der Waals surface area contributed by atoms with Gasteiger partial charge in [-0.1, -0.05) is 6.07 Å². The van der Waals surface area contributed by atoms with Crippen LogP contribution in [0.2, 0.25) is 0 Å². The van der Waals surface area contributed by atoms with E-state index in [0.717, 1.165) is 28.8 Å². The first-order valence-corrected chi connectivity index (χ1v) is 11.1. The number of nitriles is 1. The van der Waals surface area contributed by atoms with Crippen molar-refractivity contribution in [2.45, 2.75) is 33.6 Å². The van der Waals surface area contributed by atoms with Crippen molar-refractivity contribution in [2.24, 2.45) is 0 Å². The fraction of sp³-hybridized carbons (Fsp3) is 0.300. The zero-order valence-corrected chi connectivity index (χ0v) is 18.0. The van der Waals surface area contributed by atoms with Gasteiger partial charge >= 0.3 is 0 Å². The Hall–Kier alpha value is -3.45. The lowest BCUT2D eigenvalue weighted by atomic mass is 10.1. The molecular formula is C20H22N6O3S. The van der Waals surface area contributed by atoms with Crippen molar-refractivity contribution < 1.29 is 13.2 Å². The fourth-order valence-corrected chi connectivity index (χ4v) is 3.84. The number of amides is 1. The van der Waals surface area contributed by atoms with Crippen LogP contribution in [0.4, 0.5) is 11.4 Å². The van der Waals surface area contributed by atoms with Crippen LogP contribution < -0.4 is 10.0 Å². The maximum absolute atomic E-state index is 12.5. The maximum Gasteiger partial charge on any atom is 0.229 e. The van der Waals surface area contributed by atoms with Gasteiger partial charge in [-0.15, -0.1) is 0 Å². The summed E-state index contributed by atoms with van der Waals surface area (Å²) in [6, 6.07) is 7.12. The molecule has 0 unspecified atom stereocenters. The lowest BCUT2D eigenvalue weighted by Crippen LogP contribution is -2.15. The average molecular weight is 427 g/mol. The summed E-state index contributed by atoms with van der Waals surface area (Å²) in [5.74, 6) is -0.207. The first-order chi connectivity index (χ1) is 14.1. The van der Waals surface area contributed by atoms with Gasteiger partial charge in [0.15, 0.2) is 5.65 Å². The Labute approximate surface area is 174 Å². The summed E-state index contributed by atoms with van der Waals surface area (Å²) in [7, 11) is -3.42. The number of fused-ring (bicyclic) bond motifs is 1. The van der Waals surface area contributed by atoms with Gasteiger partial charge < -0.3 is 5.32 Å². The molecule has 0 aliphatic rings. The number of hydrogen-bond acceptors (Lipinski definition) is 6. The van der Waals surface area contributed by atoms with E-state index in [-0.39, 0.29) is 12.3 Å². The molecule has 0 aliphatic carbocycles. The molecule has 0 aliphatic heterocycles. The summed E-state index contributed by atoms with van der Waals surface area (Å²) < 4.78 is 27.0. The molecule has 0 saturated carbocycles. The van der Waals surface area contributed by atoms with Gasteiger partial charge in [-0.2, -0.15) is 10.4 Å². The molecule has 0 spiro atoms. The average Bonchev–Trinajstić information content (AvgIpc) is 3.06. The molecule has 2 aromatic heterocycles. The van der Waals surface area contributed by atoms with E-state index in [0.29, 0.717) is 29.0 Å². The number of benzene rings is 1. The van der Waals surface area contributed by atoms with E-state index in [9.17, 15) is 13.2 Å². The summed E-state index contributed by atoms with van der Waals surface area (Å²) in [4.78, 5) is 16.9. The van der Waals surface area contributed by atoms with Crippen LogP contribution in [0, 0.1) is 32.1 Å². The summed E-state index contributed by atoms with van der Waals surface area (Å²) in [5.41, 5.74) is 5.07. The predicted octanol–water partition coefficient (Wildman–Crippen LogP) is 2.47. The van der Waals surface area contributed by atoms with E-state index in [2.05, 4.69) is 26.2 Å². The minimum absolute atomic E-state index is 0.207. The van der Waals surface area contributed by atoms with Gasteiger partial charge in [-0.25, -0.2) is 17.9 Å². The number of aromatic nitrogens is 3. The molecule has 0 bridgehead atoms. The Bertz CT molecular complexity index is 1290. The normalized spacial score (nSPS) is 11.3. The van der Waals surface area contributed by atoms with Crippen molar-refractivity contribution in [3.8, 4) is 6.07 Å². The highest BCUT2D eigenvalue weighted by molar-refractivity contribution is 7.92. The van der Waals surface area contributed by atoms with Crippen LogP contribution in [-0.4, -0.2) is 35.2 Å². The van der Waals surface area contributed by atoms with Gasteiger partial charge in [-0.3, -0.25) is 9.52 Å². The Balaban J connectivity index is 1.74. The van der Waals surface area contributed by atoms with E-state index in [4.69, 9.17) is 5.26 Å². The molecule has 3 aromatic rings. The number of carbonyl (C=O) groups excluding carboxylic acids is 1. The maximum atomic E-state index is 12.5. The minimum Gasteiger partial charge on any atom is -0.326 e. The Morgan fingerprint density at radius 3 is 2.67 bits per heavy atom. The number of aryl methyl sites for hydroxylation is 3. The molecule has 0 saturated heterocycles. The van der Waals surface area contributed by atoms with E-state index in [1.54, 1.807) is 29.6 Å². The molecule has 10 heteroatoms. The molecule has 9 nitrogen and oxygen atoms in total. The first kappa shape index (κ1) is 21.3. The lowest BCUT2D eigenvalue weighted by Gasteiger charge is -2.13. The third-order valence-electron chi connectivity index (χ3n) is 4.75. The van der Waals surface area contributed by atoms with Crippen LogP contribution in [0.1, 0.15) is 34.5 Å². The molecule has 1 amide bonds. The molecule has 30 heavy (non-hydrogen) atoms. The van der Waals surface area contributed by atoms with Gasteiger partial charge in [0, 0.05) is 23.5 Å².